The summed E-state index contributed by atoms with van der Waals surface area (Å²) in [6.07, 6.45) is 5.22. The number of benzene rings is 3. The van der Waals surface area contributed by atoms with E-state index in [9.17, 15) is 24.6 Å². The van der Waals surface area contributed by atoms with Crippen LogP contribution in [0.2, 0.25) is 0 Å². The second-order valence-electron chi connectivity index (χ2n) is 15.1. The van der Waals surface area contributed by atoms with Crippen LogP contribution in [0.1, 0.15) is 67.7 Å². The van der Waals surface area contributed by atoms with Crippen LogP contribution in [0.25, 0.3) is 10.9 Å². The molecule has 4 N–H and O–H groups in total. The van der Waals surface area contributed by atoms with Crippen molar-refractivity contribution in [2.45, 2.75) is 69.0 Å². The van der Waals surface area contributed by atoms with Gasteiger partial charge in [0.2, 0.25) is 11.5 Å². The fraction of sp³-hybridized carbons (Fsp3) is 0.465. The second-order valence-corrected chi connectivity index (χ2v) is 15.1. The van der Waals surface area contributed by atoms with E-state index in [2.05, 4.69) is 15.2 Å². The van der Waals surface area contributed by atoms with E-state index in [0.717, 1.165) is 62.2 Å². The fourth-order valence-corrected chi connectivity index (χ4v) is 8.40. The van der Waals surface area contributed by atoms with Gasteiger partial charge in [-0.2, -0.15) is 0 Å². The number of esters is 1. The van der Waals surface area contributed by atoms with E-state index in [1.54, 1.807) is 12.1 Å². The number of hydrogen-bond donors (Lipinski definition) is 4. The Morgan fingerprint density at radius 2 is 1.69 bits per heavy atom. The molecule has 4 fully saturated rings. The summed E-state index contributed by atoms with van der Waals surface area (Å²) in [5, 5.41) is 24.7. The van der Waals surface area contributed by atoms with E-state index in [0.29, 0.717) is 80.9 Å². The number of ether oxygens (including phenoxy) is 2. The van der Waals surface area contributed by atoms with Crippen LogP contribution in [0.3, 0.4) is 0 Å². The van der Waals surface area contributed by atoms with E-state index in [4.69, 9.17) is 9.47 Å². The number of likely N-dealkylation sites (tertiary alicyclic amines) is 1. The second kappa shape index (κ2) is 17.2. The number of phenolic OH excluding ortho intramolecular Hbond substituents is 1. The lowest BCUT2D eigenvalue weighted by Gasteiger charge is -2.46. The highest BCUT2D eigenvalue weighted by atomic mass is 16.5. The fourth-order valence-electron chi connectivity index (χ4n) is 8.40. The lowest BCUT2D eigenvalue weighted by molar-refractivity contribution is -0.168. The molecule has 3 aromatic carbocycles. The van der Waals surface area contributed by atoms with Crippen molar-refractivity contribution in [2.24, 2.45) is 5.92 Å². The molecule has 11 heteroatoms. The van der Waals surface area contributed by atoms with Crippen LogP contribution in [-0.4, -0.2) is 95.4 Å². The highest BCUT2D eigenvalue weighted by Crippen LogP contribution is 2.39. The van der Waals surface area contributed by atoms with Crippen LogP contribution < -0.4 is 15.6 Å². The molecule has 0 aliphatic carbocycles. The number of carbonyl (C=O) groups excluding carboxylic acids is 2. The molecule has 5 heterocycles. The number of pyridine rings is 1. The van der Waals surface area contributed by atoms with Crippen LogP contribution >= 0.6 is 0 Å². The number of nitrogens with one attached hydrogen (secondary N) is 2. The lowest BCUT2D eigenvalue weighted by Crippen LogP contribution is -2.55. The van der Waals surface area contributed by atoms with E-state index in [-0.39, 0.29) is 29.3 Å². The molecule has 4 saturated heterocycles. The van der Waals surface area contributed by atoms with Crippen molar-refractivity contribution in [1.29, 1.82) is 0 Å². The van der Waals surface area contributed by atoms with Gasteiger partial charge in [-0.1, -0.05) is 48.5 Å². The number of aromatic nitrogens is 1. The zero-order valence-electron chi connectivity index (χ0n) is 30.9. The minimum Gasteiger partial charge on any atom is -0.506 e. The number of rotatable bonds is 15. The third kappa shape index (κ3) is 8.64. The first-order chi connectivity index (χ1) is 26.3. The Balaban J connectivity index is 0.811. The minimum absolute atomic E-state index is 0.0312. The molecular weight excluding hydrogens is 684 g/mol. The molecule has 0 radical (unpaired) electrons. The van der Waals surface area contributed by atoms with Gasteiger partial charge in [0.15, 0.2) is 0 Å². The van der Waals surface area contributed by atoms with Gasteiger partial charge in [-0.05, 0) is 111 Å². The molecule has 2 unspecified atom stereocenters. The third-order valence-electron chi connectivity index (χ3n) is 11.7. The molecule has 4 aromatic rings. The van der Waals surface area contributed by atoms with Gasteiger partial charge in [-0.3, -0.25) is 19.3 Å². The Morgan fingerprint density at radius 3 is 2.41 bits per heavy atom. The average Bonchev–Trinajstić information content (AvgIpc) is 3.21. The van der Waals surface area contributed by atoms with E-state index < -0.39 is 11.5 Å². The maximum atomic E-state index is 13.9. The monoisotopic (exact) mass is 736 g/mol. The van der Waals surface area contributed by atoms with Crippen molar-refractivity contribution < 1.29 is 29.3 Å². The van der Waals surface area contributed by atoms with Gasteiger partial charge >= 0.3 is 5.97 Å². The largest absolute Gasteiger partial charge is 0.506 e. The van der Waals surface area contributed by atoms with Gasteiger partial charge in [0, 0.05) is 44.1 Å². The maximum absolute atomic E-state index is 13.9. The van der Waals surface area contributed by atoms with E-state index in [1.165, 1.54) is 12.1 Å². The van der Waals surface area contributed by atoms with Crippen molar-refractivity contribution in [2.75, 3.05) is 52.4 Å². The van der Waals surface area contributed by atoms with Gasteiger partial charge in [-0.25, -0.2) is 0 Å². The van der Waals surface area contributed by atoms with E-state index >= 15 is 0 Å². The SMILES string of the molecule is O=C(CCc1ccc(OCCCCNCC(O)c2ccc(O)c3[nH]c(=O)ccc23)cc1)N1CCC(C(=O)OC2CN3CCC2CC3)(c2ccccc2)CC1. The molecular formula is C43H52N4O7. The zero-order valence-corrected chi connectivity index (χ0v) is 30.9. The summed E-state index contributed by atoms with van der Waals surface area (Å²) in [6, 6.07) is 24.0. The molecule has 54 heavy (non-hydrogen) atoms. The van der Waals surface area contributed by atoms with Crippen molar-refractivity contribution in [3.05, 3.63) is 106 Å². The summed E-state index contributed by atoms with van der Waals surface area (Å²) in [5.41, 5.74) is 1.97. The van der Waals surface area contributed by atoms with Gasteiger partial charge < -0.3 is 34.9 Å². The number of phenols is 1. The normalized spacial score (nSPS) is 21.1. The Morgan fingerprint density at radius 1 is 0.926 bits per heavy atom. The molecule has 0 spiro atoms. The molecule has 1 amide bonds. The molecule has 1 aromatic heterocycles. The number of piperidine rings is 4. The van der Waals surface area contributed by atoms with Gasteiger partial charge in [0.25, 0.3) is 0 Å². The number of nitrogens with zero attached hydrogens (tertiary/aromatic N) is 2. The van der Waals surface area contributed by atoms with Crippen molar-refractivity contribution in [3.63, 3.8) is 0 Å². The first-order valence-corrected chi connectivity index (χ1v) is 19.5. The number of amides is 1. The number of aryl methyl sites for hydroxylation is 1. The number of unbranched alkanes of at least 4 members (excludes halogenated alkanes) is 1. The summed E-state index contributed by atoms with van der Waals surface area (Å²) in [7, 11) is 0. The first kappa shape index (κ1) is 37.6. The number of carbonyl (C=O) groups is 2. The van der Waals surface area contributed by atoms with Crippen LogP contribution in [0.5, 0.6) is 11.5 Å². The standard InChI is InChI=1S/C43H52N4O7/c48-36-15-13-34(35-14-16-39(50)45-41(35)36)37(49)28-44-22-4-5-27-53-33-11-8-30(9-12-33)10-17-40(51)47-25-20-43(21-26-47,32-6-2-1-3-7-32)42(52)54-38-29-46-23-18-31(38)19-24-46/h1-3,6-9,11-16,31,37-38,44,48-49H,4-5,10,17-29H2,(H,45,50). The number of H-pyrrole nitrogens is 1. The Bertz CT molecular complexity index is 1930. The van der Waals surface area contributed by atoms with Crippen LogP contribution in [0.15, 0.2) is 83.7 Å². The Hall–Kier alpha value is -4.71. The molecule has 2 atom stereocenters. The van der Waals surface area contributed by atoms with Crippen LogP contribution in [0, 0.1) is 5.92 Å². The number of hydrogen-bond acceptors (Lipinski definition) is 9. The highest BCUT2D eigenvalue weighted by Gasteiger charge is 2.47. The van der Waals surface area contributed by atoms with Crippen molar-refractivity contribution >= 4 is 22.8 Å². The first-order valence-electron chi connectivity index (χ1n) is 19.5. The van der Waals surface area contributed by atoms with Gasteiger partial charge in [0.05, 0.1) is 23.6 Å². The summed E-state index contributed by atoms with van der Waals surface area (Å²) >= 11 is 0. The maximum Gasteiger partial charge on any atom is 0.317 e. The topological polar surface area (TPSA) is 144 Å². The Kier molecular flexibility index (Phi) is 12.0. The minimum atomic E-state index is -0.793. The molecule has 0 saturated carbocycles. The molecule has 2 bridgehead atoms. The summed E-state index contributed by atoms with van der Waals surface area (Å²) in [4.78, 5) is 45.9. The van der Waals surface area contributed by atoms with Crippen LogP contribution in [-0.2, 0) is 26.2 Å². The van der Waals surface area contributed by atoms with Crippen molar-refractivity contribution in [1.82, 2.24) is 20.1 Å². The summed E-state index contributed by atoms with van der Waals surface area (Å²) < 4.78 is 12.2. The number of aliphatic hydroxyl groups excluding tert-OH is 1. The number of aromatic hydroxyl groups is 1. The number of fused-ring (bicyclic) bond motifs is 4. The van der Waals surface area contributed by atoms with E-state index in [1.807, 2.05) is 59.5 Å². The molecule has 8 rings (SSSR count). The molecule has 11 nitrogen and oxygen atoms in total. The predicted molar refractivity (Wildman–Crippen MR) is 207 cm³/mol. The average molecular weight is 737 g/mol. The molecule has 4 aliphatic rings. The molecule has 4 aliphatic heterocycles. The Labute approximate surface area is 316 Å². The zero-order chi connectivity index (χ0) is 37.5. The van der Waals surface area contributed by atoms with Gasteiger partial charge in [-0.15, -0.1) is 0 Å². The predicted octanol–water partition coefficient (Wildman–Crippen LogP) is 4.85. The highest BCUT2D eigenvalue weighted by molar-refractivity contribution is 5.87. The lowest BCUT2D eigenvalue weighted by atomic mass is 9.72. The van der Waals surface area contributed by atoms with Gasteiger partial charge in [0.1, 0.15) is 17.6 Å². The third-order valence-corrected chi connectivity index (χ3v) is 11.7. The summed E-state index contributed by atoms with van der Waals surface area (Å²) in [6.45, 7) is 5.70. The quantitative estimate of drug-likeness (QED) is 0.0996. The molecule has 286 valence electrons. The summed E-state index contributed by atoms with van der Waals surface area (Å²) in [5.74, 6) is 1.18. The number of aromatic amines is 1. The van der Waals surface area contributed by atoms with Crippen LogP contribution in [0.4, 0.5) is 0 Å². The number of aliphatic hydroxyl groups is 1. The smallest absolute Gasteiger partial charge is 0.317 e. The van der Waals surface area contributed by atoms with Crippen molar-refractivity contribution in [3.8, 4) is 11.5 Å².